The van der Waals surface area contributed by atoms with Crippen molar-refractivity contribution in [2.75, 3.05) is 7.11 Å². The second kappa shape index (κ2) is 5.76. The van der Waals surface area contributed by atoms with Crippen LogP contribution in [-0.2, 0) is 19.1 Å². The van der Waals surface area contributed by atoms with Crippen LogP contribution in [0.15, 0.2) is 12.0 Å². The summed E-state index contributed by atoms with van der Waals surface area (Å²) in [5.41, 5.74) is 0. The molecule has 0 aromatic rings. The fourth-order valence-corrected chi connectivity index (χ4v) is 0.509. The van der Waals surface area contributed by atoms with E-state index in [1.54, 1.807) is 0 Å². The van der Waals surface area contributed by atoms with Gasteiger partial charge >= 0.3 is 0 Å². The maximum atomic E-state index is 10.9. The molecule has 0 radical (unpaired) electrons. The maximum Gasteiger partial charge on any atom is 0.294 e. The highest BCUT2D eigenvalue weighted by atomic mass is 16.5. The molecule has 0 rings (SSSR count). The molecule has 6 heteroatoms. The Bertz CT molecular complexity index is 247. The fourth-order valence-electron chi connectivity index (χ4n) is 0.509. The van der Waals surface area contributed by atoms with Crippen molar-refractivity contribution in [3.8, 4) is 0 Å². The predicted molar refractivity (Wildman–Crippen MR) is 43.1 cm³/mol. The SMILES string of the molecule is CO/C(=C\NC(C)=O)C(=O)NC=O. The molecular formula is C7H10N2O4. The van der Waals surface area contributed by atoms with Gasteiger partial charge in [0.05, 0.1) is 13.3 Å². The lowest BCUT2D eigenvalue weighted by Gasteiger charge is -2.02. The number of carbonyl (C=O) groups is 3. The molecule has 0 aliphatic carbocycles. The zero-order chi connectivity index (χ0) is 10.3. The number of nitrogens with one attached hydrogen (secondary N) is 2. The smallest absolute Gasteiger partial charge is 0.294 e. The summed E-state index contributed by atoms with van der Waals surface area (Å²) in [6.07, 6.45) is 1.30. The van der Waals surface area contributed by atoms with E-state index in [1.165, 1.54) is 14.0 Å². The van der Waals surface area contributed by atoms with E-state index in [1.807, 2.05) is 5.32 Å². The molecule has 0 bridgehead atoms. The molecule has 0 heterocycles. The van der Waals surface area contributed by atoms with Crippen LogP contribution < -0.4 is 10.6 Å². The summed E-state index contributed by atoms with van der Waals surface area (Å²) in [5.74, 6) is -1.21. The second-order valence-electron chi connectivity index (χ2n) is 2.00. The normalized spacial score (nSPS) is 10.2. The standard InChI is InChI=1S/C7H10N2O4/c1-5(11)8-3-6(13-2)7(12)9-4-10/h3-4H,1-2H3,(H,8,11)(H,9,10,12)/b6-3-. The third kappa shape index (κ3) is 4.57. The molecule has 6 nitrogen and oxygen atoms in total. The number of carbonyl (C=O) groups excluding carboxylic acids is 3. The molecule has 0 fully saturated rings. The van der Waals surface area contributed by atoms with E-state index in [0.717, 1.165) is 6.20 Å². The molecule has 3 amide bonds. The summed E-state index contributed by atoms with van der Waals surface area (Å²) >= 11 is 0. The largest absolute Gasteiger partial charge is 0.490 e. The minimum Gasteiger partial charge on any atom is -0.490 e. The van der Waals surface area contributed by atoms with E-state index < -0.39 is 5.91 Å². The Balaban J connectivity index is 4.30. The van der Waals surface area contributed by atoms with Gasteiger partial charge in [0, 0.05) is 6.92 Å². The van der Waals surface area contributed by atoms with Crippen LogP contribution in [0.3, 0.4) is 0 Å². The Labute approximate surface area is 74.9 Å². The Hall–Kier alpha value is -1.85. The summed E-state index contributed by atoms with van der Waals surface area (Å²) in [6, 6.07) is 0. The molecule has 13 heavy (non-hydrogen) atoms. The van der Waals surface area contributed by atoms with Gasteiger partial charge in [0.25, 0.3) is 5.91 Å². The molecule has 0 saturated carbocycles. The lowest BCUT2D eigenvalue weighted by atomic mass is 10.5. The Morgan fingerprint density at radius 3 is 2.31 bits per heavy atom. The van der Waals surface area contributed by atoms with Crippen LogP contribution in [-0.4, -0.2) is 25.3 Å². The van der Waals surface area contributed by atoms with Crippen molar-refractivity contribution >= 4 is 18.2 Å². The van der Waals surface area contributed by atoms with E-state index in [9.17, 15) is 14.4 Å². The van der Waals surface area contributed by atoms with E-state index in [0.29, 0.717) is 0 Å². The minimum absolute atomic E-state index is 0.151. The van der Waals surface area contributed by atoms with Crippen molar-refractivity contribution in [2.24, 2.45) is 0 Å². The predicted octanol–water partition coefficient (Wildman–Crippen LogP) is -1.12. The molecule has 0 spiro atoms. The maximum absolute atomic E-state index is 10.9. The van der Waals surface area contributed by atoms with Gasteiger partial charge < -0.3 is 10.1 Å². The number of methoxy groups -OCH3 is 1. The van der Waals surface area contributed by atoms with Crippen LogP contribution in [0, 0.1) is 0 Å². The van der Waals surface area contributed by atoms with Gasteiger partial charge in [0.15, 0.2) is 5.76 Å². The molecule has 2 N–H and O–H groups in total. The van der Waals surface area contributed by atoms with Gasteiger partial charge in [-0.1, -0.05) is 0 Å². The molecule has 0 atom stereocenters. The molecule has 0 aromatic carbocycles. The number of imide groups is 1. The molecular weight excluding hydrogens is 176 g/mol. The summed E-state index contributed by atoms with van der Waals surface area (Å²) in [5, 5.41) is 4.09. The monoisotopic (exact) mass is 186 g/mol. The average molecular weight is 186 g/mol. The van der Waals surface area contributed by atoms with Gasteiger partial charge in [0.2, 0.25) is 12.3 Å². The first kappa shape index (κ1) is 11.2. The van der Waals surface area contributed by atoms with Crippen LogP contribution in [0.1, 0.15) is 6.92 Å². The molecule has 0 aromatic heterocycles. The van der Waals surface area contributed by atoms with Crippen LogP contribution in [0.25, 0.3) is 0 Å². The molecule has 0 unspecified atom stereocenters. The highest BCUT2D eigenvalue weighted by Crippen LogP contribution is 1.91. The Kier molecular flexibility index (Phi) is 4.94. The van der Waals surface area contributed by atoms with Gasteiger partial charge in [-0.05, 0) is 0 Å². The zero-order valence-electron chi connectivity index (χ0n) is 7.29. The molecule has 0 saturated heterocycles. The minimum atomic E-state index is -0.716. The Morgan fingerprint density at radius 2 is 1.92 bits per heavy atom. The van der Waals surface area contributed by atoms with Crippen molar-refractivity contribution in [3.05, 3.63) is 12.0 Å². The molecule has 0 aliphatic heterocycles. The fraction of sp³-hybridized carbons (Fsp3) is 0.286. The number of ether oxygens (including phenoxy) is 1. The lowest BCUT2D eigenvalue weighted by molar-refractivity contribution is -0.124. The zero-order valence-corrected chi connectivity index (χ0v) is 7.29. The van der Waals surface area contributed by atoms with E-state index in [2.05, 4.69) is 10.1 Å². The van der Waals surface area contributed by atoms with Crippen LogP contribution >= 0.6 is 0 Å². The third-order valence-electron chi connectivity index (χ3n) is 1.04. The third-order valence-corrected chi connectivity index (χ3v) is 1.04. The second-order valence-corrected chi connectivity index (χ2v) is 2.00. The summed E-state index contributed by atoms with van der Waals surface area (Å²) in [7, 11) is 1.25. The van der Waals surface area contributed by atoms with Crippen molar-refractivity contribution in [3.63, 3.8) is 0 Å². The summed E-state index contributed by atoms with van der Waals surface area (Å²) in [6.45, 7) is 1.28. The van der Waals surface area contributed by atoms with E-state index in [-0.39, 0.29) is 18.1 Å². The van der Waals surface area contributed by atoms with Crippen molar-refractivity contribution in [1.29, 1.82) is 0 Å². The Morgan fingerprint density at radius 1 is 1.31 bits per heavy atom. The van der Waals surface area contributed by atoms with E-state index >= 15 is 0 Å². The van der Waals surface area contributed by atoms with Crippen LogP contribution in [0.2, 0.25) is 0 Å². The van der Waals surface area contributed by atoms with Crippen molar-refractivity contribution in [1.82, 2.24) is 10.6 Å². The van der Waals surface area contributed by atoms with Gasteiger partial charge in [-0.25, -0.2) is 0 Å². The van der Waals surface area contributed by atoms with Crippen LogP contribution in [0.4, 0.5) is 0 Å². The van der Waals surface area contributed by atoms with Gasteiger partial charge in [-0.3, -0.25) is 19.7 Å². The number of hydrogen-bond donors (Lipinski definition) is 2. The van der Waals surface area contributed by atoms with Crippen LogP contribution in [0.5, 0.6) is 0 Å². The highest BCUT2D eigenvalue weighted by Gasteiger charge is 2.07. The van der Waals surface area contributed by atoms with Gasteiger partial charge in [0.1, 0.15) is 0 Å². The van der Waals surface area contributed by atoms with Gasteiger partial charge in [-0.15, -0.1) is 0 Å². The van der Waals surface area contributed by atoms with Gasteiger partial charge in [-0.2, -0.15) is 0 Å². The number of rotatable bonds is 4. The first-order chi connectivity index (χ1) is 6.11. The average Bonchev–Trinajstić information content (AvgIpc) is 2.05. The highest BCUT2D eigenvalue weighted by molar-refractivity contribution is 5.97. The number of amides is 3. The summed E-state index contributed by atoms with van der Waals surface area (Å²) < 4.78 is 4.59. The molecule has 72 valence electrons. The van der Waals surface area contributed by atoms with Crippen molar-refractivity contribution in [2.45, 2.75) is 6.92 Å². The first-order valence-corrected chi connectivity index (χ1v) is 3.37. The molecule has 0 aliphatic rings. The summed E-state index contributed by atoms with van der Waals surface area (Å²) in [4.78, 5) is 31.2. The number of hydrogen-bond acceptors (Lipinski definition) is 4. The van der Waals surface area contributed by atoms with Crippen molar-refractivity contribution < 1.29 is 19.1 Å². The van der Waals surface area contributed by atoms with E-state index in [4.69, 9.17) is 0 Å². The topological polar surface area (TPSA) is 84.5 Å². The quantitative estimate of drug-likeness (QED) is 0.331. The first-order valence-electron chi connectivity index (χ1n) is 3.37. The lowest BCUT2D eigenvalue weighted by Crippen LogP contribution is -2.26.